The average Bonchev–Trinajstić information content (AvgIpc) is 2.43. The van der Waals surface area contributed by atoms with Crippen LogP contribution in [0.15, 0.2) is 18.2 Å². The fraction of sp³-hybridized carbons (Fsp3) is 0.375. The Hall–Kier alpha value is -1.97. The van der Waals surface area contributed by atoms with Gasteiger partial charge in [-0.2, -0.15) is 0 Å². The van der Waals surface area contributed by atoms with Crippen LogP contribution in [0.5, 0.6) is 0 Å². The molecule has 2 aromatic rings. The number of benzene rings is 1. The van der Waals surface area contributed by atoms with E-state index in [4.69, 9.17) is 0 Å². The van der Waals surface area contributed by atoms with E-state index in [9.17, 15) is 4.39 Å². The van der Waals surface area contributed by atoms with Gasteiger partial charge in [-0.3, -0.25) is 0 Å². The van der Waals surface area contributed by atoms with Crippen LogP contribution in [0.4, 0.5) is 10.2 Å². The molecule has 0 saturated heterocycles. The maximum Gasteiger partial charge on any atom is 0.161 e. The molecular formula is C16H20FN3. The van der Waals surface area contributed by atoms with Gasteiger partial charge in [0.2, 0.25) is 0 Å². The first-order valence-electron chi connectivity index (χ1n) is 6.88. The molecule has 20 heavy (non-hydrogen) atoms. The summed E-state index contributed by atoms with van der Waals surface area (Å²) in [7, 11) is 0. The summed E-state index contributed by atoms with van der Waals surface area (Å²) in [6.45, 7) is 8.65. The zero-order chi connectivity index (χ0) is 14.7. The van der Waals surface area contributed by atoms with Gasteiger partial charge in [-0.05, 0) is 38.8 Å². The van der Waals surface area contributed by atoms with Gasteiger partial charge in [0.05, 0.1) is 0 Å². The molecule has 0 radical (unpaired) electrons. The molecule has 0 aliphatic rings. The average molecular weight is 273 g/mol. The monoisotopic (exact) mass is 273 g/mol. The minimum absolute atomic E-state index is 0.229. The summed E-state index contributed by atoms with van der Waals surface area (Å²) in [5.41, 5.74) is 3.28. The fourth-order valence-electron chi connectivity index (χ4n) is 1.91. The highest BCUT2D eigenvalue weighted by molar-refractivity contribution is 5.60. The van der Waals surface area contributed by atoms with Crippen molar-refractivity contribution < 1.29 is 4.39 Å². The van der Waals surface area contributed by atoms with Crippen LogP contribution in [0.25, 0.3) is 11.4 Å². The Morgan fingerprint density at radius 1 is 1.15 bits per heavy atom. The van der Waals surface area contributed by atoms with E-state index < -0.39 is 0 Å². The third kappa shape index (κ3) is 2.95. The van der Waals surface area contributed by atoms with E-state index >= 15 is 0 Å². The second kappa shape index (κ2) is 5.99. The Balaban J connectivity index is 2.45. The van der Waals surface area contributed by atoms with Crippen LogP contribution in [-0.2, 0) is 0 Å². The zero-order valence-corrected chi connectivity index (χ0v) is 12.4. The first kappa shape index (κ1) is 14.4. The van der Waals surface area contributed by atoms with Crippen LogP contribution in [0.2, 0.25) is 0 Å². The minimum atomic E-state index is -0.229. The molecule has 0 aliphatic heterocycles. The first-order chi connectivity index (χ1) is 9.52. The van der Waals surface area contributed by atoms with E-state index in [2.05, 4.69) is 22.2 Å². The van der Waals surface area contributed by atoms with Gasteiger partial charge in [0.15, 0.2) is 5.82 Å². The maximum atomic E-state index is 13.7. The molecule has 0 spiro atoms. The number of anilines is 1. The summed E-state index contributed by atoms with van der Waals surface area (Å²) in [6, 6.07) is 5.09. The van der Waals surface area contributed by atoms with Crippen LogP contribution in [0, 0.1) is 26.6 Å². The molecule has 3 nitrogen and oxygen atoms in total. The third-order valence-electron chi connectivity index (χ3n) is 3.36. The molecule has 1 aromatic heterocycles. The van der Waals surface area contributed by atoms with Crippen molar-refractivity contribution in [3.05, 3.63) is 40.8 Å². The Kier molecular flexibility index (Phi) is 4.32. The summed E-state index contributed by atoms with van der Waals surface area (Å²) in [5.74, 6) is 1.16. The lowest BCUT2D eigenvalue weighted by molar-refractivity contribution is 0.619. The normalized spacial score (nSPS) is 10.7. The second-order valence-electron chi connectivity index (χ2n) is 5.00. The molecule has 1 aromatic carbocycles. The number of nitrogens with zero attached hydrogens (tertiary/aromatic N) is 2. The van der Waals surface area contributed by atoms with E-state index in [1.165, 1.54) is 6.07 Å². The van der Waals surface area contributed by atoms with Crippen molar-refractivity contribution >= 4 is 5.82 Å². The molecule has 106 valence electrons. The molecule has 0 aliphatic carbocycles. The molecule has 2 rings (SSSR count). The van der Waals surface area contributed by atoms with E-state index in [1.54, 1.807) is 13.0 Å². The van der Waals surface area contributed by atoms with E-state index in [1.807, 2.05) is 19.9 Å². The first-order valence-corrected chi connectivity index (χ1v) is 6.88. The molecule has 0 bridgehead atoms. The second-order valence-corrected chi connectivity index (χ2v) is 5.00. The van der Waals surface area contributed by atoms with Crippen molar-refractivity contribution in [2.24, 2.45) is 0 Å². The molecule has 0 unspecified atom stereocenters. The van der Waals surface area contributed by atoms with E-state index in [0.29, 0.717) is 17.0 Å². The summed E-state index contributed by atoms with van der Waals surface area (Å²) in [4.78, 5) is 8.99. The SMILES string of the molecule is CCCNc1nc(-c2ccc(C)c(F)c2)nc(C)c1C. The largest absolute Gasteiger partial charge is 0.370 e. The molecule has 0 fully saturated rings. The van der Waals surface area contributed by atoms with Crippen LogP contribution in [0.1, 0.15) is 30.2 Å². The number of hydrogen-bond acceptors (Lipinski definition) is 3. The Labute approximate surface area is 119 Å². The van der Waals surface area contributed by atoms with Gasteiger partial charge in [-0.1, -0.05) is 19.1 Å². The van der Waals surface area contributed by atoms with Gasteiger partial charge in [0.25, 0.3) is 0 Å². The smallest absolute Gasteiger partial charge is 0.161 e. The van der Waals surface area contributed by atoms with Gasteiger partial charge in [0.1, 0.15) is 11.6 Å². The topological polar surface area (TPSA) is 37.8 Å². The lowest BCUT2D eigenvalue weighted by Crippen LogP contribution is -2.07. The van der Waals surface area contributed by atoms with Crippen molar-refractivity contribution in [1.29, 1.82) is 0 Å². The van der Waals surface area contributed by atoms with Gasteiger partial charge in [-0.25, -0.2) is 14.4 Å². The summed E-state index contributed by atoms with van der Waals surface area (Å²) >= 11 is 0. The maximum absolute atomic E-state index is 13.7. The predicted octanol–water partition coefficient (Wildman–Crippen LogP) is 4.03. The number of nitrogens with one attached hydrogen (secondary N) is 1. The Bertz CT molecular complexity index is 623. The summed E-state index contributed by atoms with van der Waals surface area (Å²) in [5, 5.41) is 3.29. The van der Waals surface area contributed by atoms with Crippen molar-refractivity contribution in [2.45, 2.75) is 34.1 Å². The molecular weight excluding hydrogens is 253 g/mol. The number of rotatable bonds is 4. The van der Waals surface area contributed by atoms with Crippen LogP contribution in [-0.4, -0.2) is 16.5 Å². The molecule has 0 atom stereocenters. The number of aryl methyl sites for hydroxylation is 2. The lowest BCUT2D eigenvalue weighted by Gasteiger charge is -2.12. The molecule has 0 saturated carbocycles. The number of halogens is 1. The standard InChI is InChI=1S/C16H20FN3/c1-5-8-18-15-11(3)12(4)19-16(20-15)13-7-6-10(2)14(17)9-13/h6-7,9H,5,8H2,1-4H3,(H,18,19,20). The van der Waals surface area contributed by atoms with Crippen LogP contribution in [0.3, 0.4) is 0 Å². The summed E-state index contributed by atoms with van der Waals surface area (Å²) in [6.07, 6.45) is 1.02. The van der Waals surface area contributed by atoms with Crippen LogP contribution < -0.4 is 5.32 Å². The van der Waals surface area contributed by atoms with Crippen molar-refractivity contribution in [3.8, 4) is 11.4 Å². The minimum Gasteiger partial charge on any atom is -0.370 e. The molecule has 0 amide bonds. The van der Waals surface area contributed by atoms with Crippen molar-refractivity contribution in [2.75, 3.05) is 11.9 Å². The van der Waals surface area contributed by atoms with E-state index in [0.717, 1.165) is 30.0 Å². The summed E-state index contributed by atoms with van der Waals surface area (Å²) < 4.78 is 13.7. The highest BCUT2D eigenvalue weighted by Gasteiger charge is 2.10. The van der Waals surface area contributed by atoms with Gasteiger partial charge in [-0.15, -0.1) is 0 Å². The Morgan fingerprint density at radius 3 is 2.55 bits per heavy atom. The highest BCUT2D eigenvalue weighted by atomic mass is 19.1. The lowest BCUT2D eigenvalue weighted by atomic mass is 10.1. The number of hydrogen-bond donors (Lipinski definition) is 1. The quantitative estimate of drug-likeness (QED) is 0.914. The van der Waals surface area contributed by atoms with Crippen LogP contribution >= 0.6 is 0 Å². The molecule has 1 N–H and O–H groups in total. The van der Waals surface area contributed by atoms with Crippen molar-refractivity contribution in [3.63, 3.8) is 0 Å². The molecule has 4 heteroatoms. The Morgan fingerprint density at radius 2 is 1.90 bits per heavy atom. The predicted molar refractivity (Wildman–Crippen MR) is 80.4 cm³/mol. The molecule has 1 heterocycles. The third-order valence-corrected chi connectivity index (χ3v) is 3.36. The number of aromatic nitrogens is 2. The van der Waals surface area contributed by atoms with Crippen molar-refractivity contribution in [1.82, 2.24) is 9.97 Å². The van der Waals surface area contributed by atoms with Gasteiger partial charge >= 0.3 is 0 Å². The van der Waals surface area contributed by atoms with E-state index in [-0.39, 0.29) is 5.82 Å². The van der Waals surface area contributed by atoms with Gasteiger partial charge in [0, 0.05) is 23.4 Å². The highest BCUT2D eigenvalue weighted by Crippen LogP contribution is 2.23. The zero-order valence-electron chi connectivity index (χ0n) is 12.4. The van der Waals surface area contributed by atoms with Gasteiger partial charge < -0.3 is 5.32 Å². The fourth-order valence-corrected chi connectivity index (χ4v) is 1.91.